The molecule has 0 aliphatic heterocycles. The van der Waals surface area contributed by atoms with Gasteiger partial charge in [-0.25, -0.2) is 4.57 Å². The molecule has 0 unspecified atom stereocenters. The van der Waals surface area contributed by atoms with Crippen LogP contribution in [0.25, 0.3) is 10.8 Å². The highest BCUT2D eigenvalue weighted by Crippen LogP contribution is 2.49. The molecule has 3 aromatic carbocycles. The molecule has 0 saturated heterocycles. The van der Waals surface area contributed by atoms with Gasteiger partial charge >= 0.3 is 7.82 Å². The average molecular weight is 450 g/mol. The van der Waals surface area contributed by atoms with Crippen molar-refractivity contribution in [2.75, 3.05) is 26.6 Å². The summed E-state index contributed by atoms with van der Waals surface area (Å²) in [4.78, 5) is 13.1. The molecule has 3 rings (SSSR count). The number of nitrogens with one attached hydrogen (secondary N) is 1. The number of benzene rings is 3. The molecule has 0 aliphatic carbocycles. The summed E-state index contributed by atoms with van der Waals surface area (Å²) < 4.78 is 33.1. The van der Waals surface area contributed by atoms with Gasteiger partial charge in [-0.1, -0.05) is 17.7 Å². The van der Waals surface area contributed by atoms with Crippen LogP contribution in [-0.2, 0) is 13.6 Å². The predicted octanol–water partition coefficient (Wildman–Crippen LogP) is 5.84. The number of anilines is 1. The molecule has 30 heavy (non-hydrogen) atoms. The molecule has 3 aromatic rings. The molecule has 0 aromatic heterocycles. The lowest BCUT2D eigenvalue weighted by molar-refractivity contribution is 0.102. The van der Waals surface area contributed by atoms with E-state index in [1.54, 1.807) is 55.6 Å². The van der Waals surface area contributed by atoms with E-state index in [0.717, 1.165) is 16.3 Å². The minimum Gasteiger partial charge on any atom is -0.497 e. The average Bonchev–Trinajstić information content (AvgIpc) is 2.74. The molecular formula is C21H21ClNO6P. The quantitative estimate of drug-likeness (QED) is 0.456. The van der Waals surface area contributed by atoms with Crippen molar-refractivity contribution in [1.29, 1.82) is 0 Å². The van der Waals surface area contributed by atoms with E-state index < -0.39 is 13.7 Å². The van der Waals surface area contributed by atoms with Gasteiger partial charge < -0.3 is 14.6 Å². The molecule has 0 spiro atoms. The summed E-state index contributed by atoms with van der Waals surface area (Å²) in [6.45, 7) is 1.83. The number of amides is 1. The van der Waals surface area contributed by atoms with E-state index in [0.29, 0.717) is 16.5 Å². The van der Waals surface area contributed by atoms with Gasteiger partial charge in [0.25, 0.3) is 5.91 Å². The van der Waals surface area contributed by atoms with Crippen LogP contribution in [0.2, 0.25) is 5.02 Å². The van der Waals surface area contributed by atoms with Crippen LogP contribution in [0.4, 0.5) is 5.69 Å². The second kappa shape index (κ2) is 9.06. The van der Waals surface area contributed by atoms with Gasteiger partial charge in [-0.15, -0.1) is 0 Å². The van der Waals surface area contributed by atoms with Crippen LogP contribution in [0.3, 0.4) is 0 Å². The highest BCUT2D eigenvalue weighted by molar-refractivity contribution is 7.48. The standard InChI is InChI=1S/C21H21ClNO6P/c1-13-9-16(22)6-8-19(13)23-21(24)18-11-15-10-17(26-2)7-5-14(15)12-20(18)29-30(25,27-3)28-4/h5-12H,1-4H3,(H,23,24). The smallest absolute Gasteiger partial charge is 0.497 e. The van der Waals surface area contributed by atoms with E-state index in [1.165, 1.54) is 14.2 Å². The maximum Gasteiger partial charge on any atom is 0.529 e. The molecular weight excluding hydrogens is 429 g/mol. The number of hydrogen-bond acceptors (Lipinski definition) is 6. The zero-order valence-corrected chi connectivity index (χ0v) is 18.5. The van der Waals surface area contributed by atoms with Crippen molar-refractivity contribution >= 4 is 41.8 Å². The van der Waals surface area contributed by atoms with Crippen molar-refractivity contribution in [3.63, 3.8) is 0 Å². The van der Waals surface area contributed by atoms with E-state index >= 15 is 0 Å². The fourth-order valence-electron chi connectivity index (χ4n) is 2.86. The molecule has 9 heteroatoms. The summed E-state index contributed by atoms with van der Waals surface area (Å²) in [5.74, 6) is 0.234. The molecule has 0 saturated carbocycles. The Morgan fingerprint density at radius 3 is 2.33 bits per heavy atom. The van der Waals surface area contributed by atoms with Crippen LogP contribution in [0.15, 0.2) is 48.5 Å². The van der Waals surface area contributed by atoms with E-state index in [2.05, 4.69) is 5.32 Å². The molecule has 0 bridgehead atoms. The number of phosphoric acid groups is 1. The van der Waals surface area contributed by atoms with Gasteiger partial charge in [-0.05, 0) is 65.7 Å². The number of methoxy groups -OCH3 is 1. The number of hydrogen-bond donors (Lipinski definition) is 1. The molecule has 0 fully saturated rings. The zero-order chi connectivity index (χ0) is 21.9. The third-order valence-corrected chi connectivity index (χ3v) is 6.03. The van der Waals surface area contributed by atoms with Crippen molar-refractivity contribution in [3.05, 3.63) is 64.7 Å². The van der Waals surface area contributed by atoms with Crippen molar-refractivity contribution in [1.82, 2.24) is 0 Å². The maximum atomic E-state index is 13.1. The molecule has 0 atom stereocenters. The first kappa shape index (κ1) is 22.1. The molecule has 158 valence electrons. The zero-order valence-electron chi connectivity index (χ0n) is 16.9. The highest BCUT2D eigenvalue weighted by atomic mass is 35.5. The normalized spacial score (nSPS) is 11.4. The molecule has 1 N–H and O–H groups in total. The number of carbonyl (C=O) groups is 1. The van der Waals surface area contributed by atoms with Crippen LogP contribution < -0.4 is 14.6 Å². The van der Waals surface area contributed by atoms with E-state index in [4.69, 9.17) is 29.9 Å². The predicted molar refractivity (Wildman–Crippen MR) is 117 cm³/mol. The largest absolute Gasteiger partial charge is 0.529 e. The first-order chi connectivity index (χ1) is 14.3. The number of carbonyl (C=O) groups excluding carboxylic acids is 1. The van der Waals surface area contributed by atoms with E-state index in [-0.39, 0.29) is 11.3 Å². The van der Waals surface area contributed by atoms with Gasteiger partial charge in [0.05, 0.1) is 12.7 Å². The second-order valence-corrected chi connectivity index (χ2v) is 8.62. The lowest BCUT2D eigenvalue weighted by Gasteiger charge is -2.18. The van der Waals surface area contributed by atoms with E-state index in [9.17, 15) is 9.36 Å². The van der Waals surface area contributed by atoms with Gasteiger partial charge in [-0.3, -0.25) is 13.8 Å². The van der Waals surface area contributed by atoms with Crippen molar-refractivity contribution in [3.8, 4) is 11.5 Å². The Kier molecular flexibility index (Phi) is 6.68. The topological polar surface area (TPSA) is 83.1 Å². The summed E-state index contributed by atoms with van der Waals surface area (Å²) in [5, 5.41) is 4.89. The molecule has 0 aliphatic rings. The van der Waals surface area contributed by atoms with Crippen molar-refractivity contribution in [2.24, 2.45) is 0 Å². The first-order valence-electron chi connectivity index (χ1n) is 8.89. The maximum absolute atomic E-state index is 13.1. The lowest BCUT2D eigenvalue weighted by Crippen LogP contribution is -2.14. The minimum absolute atomic E-state index is 0.0591. The summed E-state index contributed by atoms with van der Waals surface area (Å²) in [6.07, 6.45) is 0. The number of halogens is 1. The molecule has 0 radical (unpaired) electrons. The third kappa shape index (κ3) is 4.77. The molecule has 0 heterocycles. The van der Waals surface area contributed by atoms with Gasteiger partial charge in [0.15, 0.2) is 0 Å². The SMILES string of the molecule is COc1ccc2cc(OP(=O)(OC)OC)c(C(=O)Nc3ccc(Cl)cc3C)cc2c1. The van der Waals surface area contributed by atoms with Gasteiger partial charge in [0, 0.05) is 24.9 Å². The highest BCUT2D eigenvalue weighted by Gasteiger charge is 2.28. The third-order valence-electron chi connectivity index (χ3n) is 4.48. The first-order valence-corrected chi connectivity index (χ1v) is 10.7. The summed E-state index contributed by atoms with van der Waals surface area (Å²) >= 11 is 5.99. The lowest BCUT2D eigenvalue weighted by atomic mass is 10.0. The minimum atomic E-state index is -3.88. The van der Waals surface area contributed by atoms with Gasteiger partial charge in [-0.2, -0.15) is 0 Å². The number of fused-ring (bicyclic) bond motifs is 1. The fourth-order valence-corrected chi connectivity index (χ4v) is 3.78. The Bertz CT molecular complexity index is 1140. The number of ether oxygens (including phenoxy) is 1. The molecule has 7 nitrogen and oxygen atoms in total. The summed E-state index contributed by atoms with van der Waals surface area (Å²) in [6, 6.07) is 13.7. The van der Waals surface area contributed by atoms with Gasteiger partial charge in [0.2, 0.25) is 0 Å². The summed E-state index contributed by atoms with van der Waals surface area (Å²) in [7, 11) is 0.0777. The second-order valence-electron chi connectivity index (χ2n) is 6.38. The monoisotopic (exact) mass is 449 g/mol. The van der Waals surface area contributed by atoms with Crippen LogP contribution in [0.5, 0.6) is 11.5 Å². The van der Waals surface area contributed by atoms with Gasteiger partial charge in [0.1, 0.15) is 11.5 Å². The Morgan fingerprint density at radius 2 is 1.70 bits per heavy atom. The van der Waals surface area contributed by atoms with Crippen molar-refractivity contribution in [2.45, 2.75) is 6.92 Å². The number of rotatable bonds is 7. The van der Waals surface area contributed by atoms with Crippen LogP contribution >= 0.6 is 19.4 Å². The molecule has 1 amide bonds. The van der Waals surface area contributed by atoms with Crippen LogP contribution in [0.1, 0.15) is 15.9 Å². The van der Waals surface area contributed by atoms with E-state index in [1.807, 2.05) is 6.92 Å². The summed E-state index contributed by atoms with van der Waals surface area (Å²) in [5.41, 5.74) is 1.53. The van der Waals surface area contributed by atoms with Crippen LogP contribution in [0, 0.1) is 6.92 Å². The Labute approximate surface area is 179 Å². The van der Waals surface area contributed by atoms with Crippen molar-refractivity contribution < 1.29 is 27.7 Å². The number of phosphoric ester groups is 1. The van der Waals surface area contributed by atoms with Crippen LogP contribution in [-0.4, -0.2) is 27.2 Å². The Hall–Kier alpha value is -2.57. The Morgan fingerprint density at radius 1 is 0.967 bits per heavy atom. The Balaban J connectivity index is 2.09. The number of aryl methyl sites for hydroxylation is 1. The fraction of sp³-hybridized carbons (Fsp3) is 0.190.